The number of hydrogen-bond acceptors (Lipinski definition) is 7. The topological polar surface area (TPSA) is 120 Å². The molecule has 2 aromatic heterocycles. The summed E-state index contributed by atoms with van der Waals surface area (Å²) in [5.74, 6) is -1.11. The number of carbonyl (C=O) groups is 2. The number of hydrogen-bond donors (Lipinski definition) is 3. The molecule has 3 heterocycles. The lowest BCUT2D eigenvalue weighted by molar-refractivity contribution is 0.0271. The van der Waals surface area contributed by atoms with Crippen molar-refractivity contribution in [1.29, 1.82) is 0 Å². The summed E-state index contributed by atoms with van der Waals surface area (Å²) >= 11 is 7.19. The number of carbonyl (C=O) groups excluding carboxylic acids is 1. The molecule has 9 nitrogen and oxygen atoms in total. The number of aromatic amines is 1. The first-order valence-electron chi connectivity index (χ1n) is 9.46. The summed E-state index contributed by atoms with van der Waals surface area (Å²) in [5.41, 5.74) is 1.23. The molecule has 0 saturated carbocycles. The second-order valence-electron chi connectivity index (χ2n) is 6.73. The number of aryl methyl sites for hydroxylation is 2. The van der Waals surface area contributed by atoms with Gasteiger partial charge in [-0.25, -0.2) is 14.8 Å². The third kappa shape index (κ3) is 4.71. The van der Waals surface area contributed by atoms with Crippen molar-refractivity contribution in [3.8, 4) is 0 Å². The Morgan fingerprint density at radius 2 is 2.17 bits per heavy atom. The molecule has 0 spiro atoms. The van der Waals surface area contributed by atoms with Gasteiger partial charge in [0.15, 0.2) is 16.1 Å². The fourth-order valence-electron chi connectivity index (χ4n) is 3.32. The van der Waals surface area contributed by atoms with Crippen LogP contribution in [0.1, 0.15) is 51.9 Å². The summed E-state index contributed by atoms with van der Waals surface area (Å²) in [6, 6.07) is -0.201. The number of ether oxygens (including phenoxy) is 1. The first-order chi connectivity index (χ1) is 13.8. The fraction of sp³-hybridized carbons (Fsp3) is 0.556. The van der Waals surface area contributed by atoms with Crippen LogP contribution in [0.15, 0.2) is 0 Å². The molecule has 0 bridgehead atoms. The number of H-pyrrole nitrogens is 1. The summed E-state index contributed by atoms with van der Waals surface area (Å²) in [4.78, 5) is 37.6. The van der Waals surface area contributed by atoms with Crippen LogP contribution in [0.25, 0.3) is 0 Å². The van der Waals surface area contributed by atoms with E-state index in [1.807, 2.05) is 18.7 Å². The number of piperidine rings is 1. The third-order valence-corrected chi connectivity index (χ3v) is 6.32. The van der Waals surface area contributed by atoms with Crippen molar-refractivity contribution in [2.75, 3.05) is 24.6 Å². The zero-order valence-corrected chi connectivity index (χ0v) is 18.1. The average Bonchev–Trinajstić information content (AvgIpc) is 3.26. The molecule has 1 aliphatic rings. The highest BCUT2D eigenvalue weighted by Crippen LogP contribution is 2.29. The molecular formula is C18H24ClN5O4S. The SMILES string of the molecule is CCO[C@H]1CN(c2nc(C)c(C(=O)O)s2)CC[C@H]1NC(=O)c1nc(Cl)c(CC)[nH]1. The van der Waals surface area contributed by atoms with Crippen LogP contribution in [-0.4, -0.2) is 63.8 Å². The minimum atomic E-state index is -0.974. The fourth-order valence-corrected chi connectivity index (χ4v) is 4.53. The maximum absolute atomic E-state index is 12.6. The summed E-state index contributed by atoms with van der Waals surface area (Å²) in [5, 5.41) is 13.2. The van der Waals surface area contributed by atoms with Crippen LogP contribution in [0, 0.1) is 6.92 Å². The number of carboxylic acids is 1. The molecule has 1 aliphatic heterocycles. The highest BCUT2D eigenvalue weighted by Gasteiger charge is 2.33. The molecule has 0 aliphatic carbocycles. The van der Waals surface area contributed by atoms with Crippen LogP contribution in [-0.2, 0) is 11.2 Å². The van der Waals surface area contributed by atoms with E-state index in [0.29, 0.717) is 48.5 Å². The highest BCUT2D eigenvalue weighted by atomic mass is 35.5. The van der Waals surface area contributed by atoms with Gasteiger partial charge in [0.05, 0.1) is 23.5 Å². The zero-order valence-electron chi connectivity index (χ0n) is 16.5. The summed E-state index contributed by atoms with van der Waals surface area (Å²) in [7, 11) is 0. The van der Waals surface area contributed by atoms with E-state index >= 15 is 0 Å². The molecule has 1 fully saturated rings. The molecule has 2 aromatic rings. The first-order valence-corrected chi connectivity index (χ1v) is 10.7. The monoisotopic (exact) mass is 441 g/mol. The largest absolute Gasteiger partial charge is 0.477 e. The zero-order chi connectivity index (χ0) is 21.1. The number of halogens is 1. The number of carboxylic acid groups (broad SMARTS) is 1. The van der Waals surface area contributed by atoms with Gasteiger partial charge in [-0.05, 0) is 26.7 Å². The molecule has 29 heavy (non-hydrogen) atoms. The molecule has 3 N–H and O–H groups in total. The standard InChI is InChI=1S/C18H24ClN5O4S/c1-4-10-14(19)23-15(21-10)16(25)22-11-6-7-24(8-12(11)28-5-2)18-20-9(3)13(29-18)17(26)27/h11-12H,4-8H2,1-3H3,(H,21,23)(H,22,25)(H,26,27)/t11-,12+/m1/s1. The van der Waals surface area contributed by atoms with Crippen LogP contribution < -0.4 is 10.2 Å². The predicted octanol–water partition coefficient (Wildman–Crippen LogP) is 2.50. The van der Waals surface area contributed by atoms with Crippen molar-refractivity contribution >= 4 is 39.9 Å². The lowest BCUT2D eigenvalue weighted by Crippen LogP contribution is -2.55. The van der Waals surface area contributed by atoms with E-state index in [0.717, 1.165) is 17.0 Å². The number of aromatic nitrogens is 3. The molecule has 1 saturated heterocycles. The number of nitrogens with zero attached hydrogens (tertiary/aromatic N) is 3. The molecule has 0 unspecified atom stereocenters. The van der Waals surface area contributed by atoms with Crippen molar-refractivity contribution in [3.63, 3.8) is 0 Å². The Morgan fingerprint density at radius 1 is 1.41 bits per heavy atom. The van der Waals surface area contributed by atoms with Crippen molar-refractivity contribution in [2.45, 2.75) is 45.8 Å². The Kier molecular flexibility index (Phi) is 6.76. The van der Waals surface area contributed by atoms with Crippen LogP contribution >= 0.6 is 22.9 Å². The Morgan fingerprint density at radius 3 is 2.76 bits per heavy atom. The van der Waals surface area contributed by atoms with Gasteiger partial charge in [-0.15, -0.1) is 0 Å². The molecule has 158 valence electrons. The van der Waals surface area contributed by atoms with Crippen molar-refractivity contribution < 1.29 is 19.4 Å². The smallest absolute Gasteiger partial charge is 0.347 e. The highest BCUT2D eigenvalue weighted by molar-refractivity contribution is 7.17. The van der Waals surface area contributed by atoms with E-state index in [4.69, 9.17) is 16.3 Å². The number of amides is 1. The van der Waals surface area contributed by atoms with Gasteiger partial charge in [0, 0.05) is 19.7 Å². The van der Waals surface area contributed by atoms with Crippen LogP contribution in [0.3, 0.4) is 0 Å². The van der Waals surface area contributed by atoms with Crippen LogP contribution in [0.2, 0.25) is 5.15 Å². The van der Waals surface area contributed by atoms with E-state index in [2.05, 4.69) is 20.3 Å². The number of imidazole rings is 1. The van der Waals surface area contributed by atoms with Gasteiger partial charge in [0.1, 0.15) is 4.88 Å². The average molecular weight is 442 g/mol. The predicted molar refractivity (Wildman–Crippen MR) is 110 cm³/mol. The molecule has 0 aromatic carbocycles. The second-order valence-corrected chi connectivity index (χ2v) is 8.07. The van der Waals surface area contributed by atoms with E-state index in [-0.39, 0.29) is 28.8 Å². The van der Waals surface area contributed by atoms with E-state index in [1.165, 1.54) is 0 Å². The maximum Gasteiger partial charge on any atom is 0.347 e. The van der Waals surface area contributed by atoms with E-state index in [9.17, 15) is 14.7 Å². The quantitative estimate of drug-likeness (QED) is 0.603. The molecule has 0 radical (unpaired) electrons. The molecule has 2 atom stereocenters. The second kappa shape index (κ2) is 9.10. The van der Waals surface area contributed by atoms with E-state index < -0.39 is 5.97 Å². The number of anilines is 1. The van der Waals surface area contributed by atoms with Crippen molar-refractivity contribution in [3.05, 3.63) is 27.2 Å². The maximum atomic E-state index is 12.6. The molecule has 11 heteroatoms. The minimum absolute atomic E-state index is 0.186. The minimum Gasteiger partial charge on any atom is -0.477 e. The Bertz CT molecular complexity index is 899. The summed E-state index contributed by atoms with van der Waals surface area (Å²) in [6.45, 7) is 7.14. The molecule has 3 rings (SSSR count). The third-order valence-electron chi connectivity index (χ3n) is 4.80. The number of aromatic carboxylic acids is 1. The van der Waals surface area contributed by atoms with Crippen LogP contribution in [0.5, 0.6) is 0 Å². The van der Waals surface area contributed by atoms with Crippen molar-refractivity contribution in [2.24, 2.45) is 0 Å². The molecular weight excluding hydrogens is 418 g/mol. The van der Waals surface area contributed by atoms with Gasteiger partial charge in [-0.2, -0.15) is 0 Å². The number of rotatable bonds is 7. The lowest BCUT2D eigenvalue weighted by Gasteiger charge is -2.38. The number of thiazole rings is 1. The summed E-state index contributed by atoms with van der Waals surface area (Å²) in [6.07, 6.45) is 1.03. The first kappa shape index (κ1) is 21.5. The Hall–Kier alpha value is -2.17. The van der Waals surface area contributed by atoms with Gasteiger partial charge in [0.2, 0.25) is 0 Å². The van der Waals surface area contributed by atoms with Gasteiger partial charge < -0.3 is 25.0 Å². The van der Waals surface area contributed by atoms with Crippen LogP contribution in [0.4, 0.5) is 5.13 Å². The lowest BCUT2D eigenvalue weighted by atomic mass is 10.0. The van der Waals surface area contributed by atoms with Gasteiger partial charge in [-0.1, -0.05) is 29.9 Å². The number of nitrogens with one attached hydrogen (secondary N) is 2. The van der Waals surface area contributed by atoms with Gasteiger partial charge in [0.25, 0.3) is 5.91 Å². The van der Waals surface area contributed by atoms with Gasteiger partial charge in [-0.3, -0.25) is 4.79 Å². The van der Waals surface area contributed by atoms with E-state index in [1.54, 1.807) is 6.92 Å². The summed E-state index contributed by atoms with van der Waals surface area (Å²) < 4.78 is 5.87. The van der Waals surface area contributed by atoms with Crippen molar-refractivity contribution in [1.82, 2.24) is 20.3 Å². The Balaban J connectivity index is 1.70. The van der Waals surface area contributed by atoms with Gasteiger partial charge >= 0.3 is 5.97 Å². The normalized spacial score (nSPS) is 19.4. The Labute approximate surface area is 177 Å². The molecule has 1 amide bonds.